The van der Waals surface area contributed by atoms with Gasteiger partial charge in [0.2, 0.25) is 11.1 Å². The second-order valence-electron chi connectivity index (χ2n) is 5.47. The van der Waals surface area contributed by atoms with E-state index in [0.717, 1.165) is 17.8 Å². The molecule has 2 N–H and O–H groups in total. The molecule has 0 aliphatic rings. The smallest absolute Gasteiger partial charge is 0.325 e. The fourth-order valence-electron chi connectivity index (χ4n) is 2.27. The highest BCUT2D eigenvalue weighted by Crippen LogP contribution is 2.34. The van der Waals surface area contributed by atoms with Gasteiger partial charge < -0.3 is 5.32 Å². The molecule has 1 aromatic heterocycles. The first kappa shape index (κ1) is 20.5. The Labute approximate surface area is 171 Å². The van der Waals surface area contributed by atoms with Gasteiger partial charge in [0, 0.05) is 10.6 Å². The second-order valence-corrected chi connectivity index (χ2v) is 7.26. The van der Waals surface area contributed by atoms with Crippen molar-refractivity contribution in [1.82, 2.24) is 15.2 Å². The predicted octanol–water partition coefficient (Wildman–Crippen LogP) is 5.53. The van der Waals surface area contributed by atoms with Crippen LogP contribution in [0.3, 0.4) is 0 Å². The van der Waals surface area contributed by atoms with E-state index < -0.39 is 17.6 Å². The number of nitrogens with zero attached hydrogens (tertiary/aromatic N) is 2. The fourth-order valence-corrected chi connectivity index (χ4v) is 3.37. The van der Waals surface area contributed by atoms with Crippen LogP contribution in [0.2, 0.25) is 10.0 Å². The normalized spacial score (nSPS) is 11.5. The van der Waals surface area contributed by atoms with E-state index in [1.807, 2.05) is 0 Å². The Balaban J connectivity index is 1.64. The summed E-state index contributed by atoms with van der Waals surface area (Å²) in [5, 5.41) is 10.0. The topological polar surface area (TPSA) is 70.7 Å². The van der Waals surface area contributed by atoms with Gasteiger partial charge in [-0.1, -0.05) is 47.1 Å². The summed E-state index contributed by atoms with van der Waals surface area (Å²) >= 11 is 12.9. The molecular formula is C17H11Cl2F3N4OS. The number of H-pyrrole nitrogens is 1. The number of hydrogen-bond acceptors (Lipinski definition) is 4. The molecular weight excluding hydrogens is 436 g/mol. The lowest BCUT2D eigenvalue weighted by atomic mass is 10.1. The van der Waals surface area contributed by atoms with Crippen LogP contribution in [0.4, 0.5) is 18.9 Å². The van der Waals surface area contributed by atoms with Crippen molar-refractivity contribution in [3.63, 3.8) is 0 Å². The maximum Gasteiger partial charge on any atom is 0.418 e. The number of aromatic amines is 1. The van der Waals surface area contributed by atoms with Crippen molar-refractivity contribution in [3.05, 3.63) is 58.1 Å². The standard InChI is InChI=1S/C17H11Cl2F3N4OS/c18-9-5-6-10(12(19)7-9)15-24-16(26-25-15)28-8-14(27)23-13-4-2-1-3-11(13)17(20,21)22/h1-7H,8H2,(H,23,27)(H,24,25,26). The maximum atomic E-state index is 13.0. The third-order valence-corrected chi connectivity index (χ3v) is 4.89. The van der Waals surface area contributed by atoms with Crippen molar-refractivity contribution in [2.75, 3.05) is 11.1 Å². The van der Waals surface area contributed by atoms with Gasteiger partial charge >= 0.3 is 6.18 Å². The molecule has 0 fully saturated rings. The number of alkyl halides is 3. The van der Waals surface area contributed by atoms with E-state index in [1.165, 1.54) is 18.2 Å². The zero-order chi connectivity index (χ0) is 20.3. The highest BCUT2D eigenvalue weighted by Gasteiger charge is 2.33. The highest BCUT2D eigenvalue weighted by atomic mass is 35.5. The number of aromatic nitrogens is 3. The minimum absolute atomic E-state index is 0.169. The first-order valence-electron chi connectivity index (χ1n) is 7.71. The molecule has 0 aliphatic carbocycles. The van der Waals surface area contributed by atoms with E-state index in [1.54, 1.807) is 18.2 Å². The molecule has 2 aromatic carbocycles. The molecule has 0 radical (unpaired) electrons. The van der Waals surface area contributed by atoms with Gasteiger partial charge in [0.1, 0.15) is 0 Å². The van der Waals surface area contributed by atoms with Crippen molar-refractivity contribution in [2.45, 2.75) is 11.3 Å². The van der Waals surface area contributed by atoms with E-state index in [-0.39, 0.29) is 16.6 Å². The lowest BCUT2D eigenvalue weighted by Gasteiger charge is -2.13. The van der Waals surface area contributed by atoms with Gasteiger partial charge in [0.05, 0.1) is 22.0 Å². The molecule has 1 amide bonds. The van der Waals surface area contributed by atoms with Crippen LogP contribution < -0.4 is 5.32 Å². The molecule has 1 heterocycles. The van der Waals surface area contributed by atoms with Gasteiger partial charge in [-0.25, -0.2) is 4.98 Å². The summed E-state index contributed by atoms with van der Waals surface area (Å²) in [5.74, 6) is -0.401. The number of benzene rings is 2. The monoisotopic (exact) mass is 446 g/mol. The maximum absolute atomic E-state index is 13.0. The molecule has 0 saturated heterocycles. The first-order chi connectivity index (χ1) is 13.2. The summed E-state index contributed by atoms with van der Waals surface area (Å²) in [6.07, 6.45) is -4.56. The van der Waals surface area contributed by atoms with Crippen molar-refractivity contribution in [1.29, 1.82) is 0 Å². The third-order valence-electron chi connectivity index (χ3n) is 3.49. The molecule has 28 heavy (non-hydrogen) atoms. The Morgan fingerprint density at radius 3 is 2.64 bits per heavy atom. The number of rotatable bonds is 5. The zero-order valence-corrected chi connectivity index (χ0v) is 16.2. The second kappa shape index (κ2) is 8.42. The summed E-state index contributed by atoms with van der Waals surface area (Å²) in [7, 11) is 0. The Morgan fingerprint density at radius 1 is 1.18 bits per heavy atom. The molecule has 0 aliphatic heterocycles. The first-order valence-corrected chi connectivity index (χ1v) is 9.45. The number of hydrogen-bond donors (Lipinski definition) is 2. The minimum atomic E-state index is -4.56. The minimum Gasteiger partial charge on any atom is -0.325 e. The van der Waals surface area contributed by atoms with Gasteiger partial charge in [-0.05, 0) is 30.3 Å². The average molecular weight is 447 g/mol. The summed E-state index contributed by atoms with van der Waals surface area (Å²) in [6, 6.07) is 9.63. The van der Waals surface area contributed by atoms with Gasteiger partial charge in [-0.15, -0.1) is 5.10 Å². The van der Waals surface area contributed by atoms with Crippen molar-refractivity contribution in [3.8, 4) is 11.4 Å². The lowest BCUT2D eigenvalue weighted by molar-refractivity contribution is -0.137. The van der Waals surface area contributed by atoms with E-state index in [4.69, 9.17) is 23.2 Å². The average Bonchev–Trinajstić information content (AvgIpc) is 3.08. The molecule has 0 saturated carbocycles. The van der Waals surface area contributed by atoms with Gasteiger partial charge in [-0.3, -0.25) is 9.89 Å². The van der Waals surface area contributed by atoms with Crippen LogP contribution >= 0.6 is 35.0 Å². The third kappa shape index (κ3) is 4.98. The van der Waals surface area contributed by atoms with Crippen molar-refractivity contribution < 1.29 is 18.0 Å². The van der Waals surface area contributed by atoms with Crippen LogP contribution in [0.15, 0.2) is 47.6 Å². The fraction of sp³-hybridized carbons (Fsp3) is 0.118. The van der Waals surface area contributed by atoms with E-state index in [0.29, 0.717) is 21.4 Å². The summed E-state index contributed by atoms with van der Waals surface area (Å²) < 4.78 is 38.9. The summed E-state index contributed by atoms with van der Waals surface area (Å²) in [6.45, 7) is 0. The number of carbonyl (C=O) groups excluding carboxylic acids is 1. The summed E-state index contributed by atoms with van der Waals surface area (Å²) in [5.41, 5.74) is -0.635. The molecule has 5 nitrogen and oxygen atoms in total. The quantitative estimate of drug-likeness (QED) is 0.505. The molecule has 0 bridgehead atoms. The lowest BCUT2D eigenvalue weighted by Crippen LogP contribution is -2.18. The van der Waals surface area contributed by atoms with Crippen LogP contribution in [0.5, 0.6) is 0 Å². The molecule has 11 heteroatoms. The molecule has 0 spiro atoms. The highest BCUT2D eigenvalue weighted by molar-refractivity contribution is 7.99. The van der Waals surface area contributed by atoms with Crippen LogP contribution in [-0.4, -0.2) is 26.8 Å². The Kier molecular flexibility index (Phi) is 6.17. The number of nitrogens with one attached hydrogen (secondary N) is 2. The largest absolute Gasteiger partial charge is 0.418 e. The number of thioether (sulfide) groups is 1. The zero-order valence-electron chi connectivity index (χ0n) is 13.8. The SMILES string of the molecule is O=C(CSc1n[nH]c(-c2ccc(Cl)cc2Cl)n1)Nc1ccccc1C(F)(F)F. The van der Waals surface area contributed by atoms with Crippen molar-refractivity contribution in [2.24, 2.45) is 0 Å². The number of para-hydroxylation sites is 1. The van der Waals surface area contributed by atoms with Gasteiger partial charge in [0.25, 0.3) is 0 Å². The number of halogens is 5. The summed E-state index contributed by atoms with van der Waals surface area (Å²) in [4.78, 5) is 16.2. The van der Waals surface area contributed by atoms with E-state index in [2.05, 4.69) is 20.5 Å². The predicted molar refractivity (Wildman–Crippen MR) is 103 cm³/mol. The van der Waals surface area contributed by atoms with Crippen LogP contribution in [0, 0.1) is 0 Å². The van der Waals surface area contributed by atoms with Gasteiger partial charge in [-0.2, -0.15) is 13.2 Å². The number of anilines is 1. The molecule has 3 rings (SSSR count). The number of amides is 1. The van der Waals surface area contributed by atoms with Gasteiger partial charge in [0.15, 0.2) is 5.82 Å². The Morgan fingerprint density at radius 2 is 1.93 bits per heavy atom. The van der Waals surface area contributed by atoms with E-state index >= 15 is 0 Å². The molecule has 3 aromatic rings. The van der Waals surface area contributed by atoms with Crippen LogP contribution in [0.25, 0.3) is 11.4 Å². The van der Waals surface area contributed by atoms with Crippen LogP contribution in [-0.2, 0) is 11.0 Å². The Bertz CT molecular complexity index is 1010. The molecule has 146 valence electrons. The van der Waals surface area contributed by atoms with E-state index in [9.17, 15) is 18.0 Å². The Hall–Kier alpha value is -2.23. The van der Waals surface area contributed by atoms with Crippen molar-refractivity contribution >= 4 is 46.6 Å². The number of carbonyl (C=O) groups is 1. The molecule has 0 atom stereocenters. The van der Waals surface area contributed by atoms with Crippen LogP contribution in [0.1, 0.15) is 5.56 Å². The molecule has 0 unspecified atom stereocenters.